The van der Waals surface area contributed by atoms with Crippen LogP contribution < -0.4 is 34.5 Å². The van der Waals surface area contributed by atoms with Gasteiger partial charge in [0.2, 0.25) is 0 Å². The zero-order chi connectivity index (χ0) is 28.7. The van der Waals surface area contributed by atoms with Gasteiger partial charge in [-0.2, -0.15) is 0 Å². The van der Waals surface area contributed by atoms with Gasteiger partial charge in [0, 0.05) is 20.9 Å². The summed E-state index contributed by atoms with van der Waals surface area (Å²) in [6, 6.07) is 20.3. The molecule has 0 saturated carbocycles. The van der Waals surface area contributed by atoms with E-state index in [1.54, 1.807) is 36.4 Å². The molecule has 6 rings (SSSR count). The maximum Gasteiger partial charge on any atom is 1.00 e. The summed E-state index contributed by atoms with van der Waals surface area (Å²) in [5.41, 5.74) is 3.91. The minimum Gasteiger partial charge on any atom is -0.736 e. The first kappa shape index (κ1) is 31.1. The zero-order valence-corrected chi connectivity index (χ0v) is 27.7. The molecule has 0 aromatic heterocycles. The summed E-state index contributed by atoms with van der Waals surface area (Å²) in [5, 5.41) is 0. The Balaban J connectivity index is 0.00000353. The topological polar surface area (TPSA) is 58.6 Å². The third kappa shape index (κ3) is 6.04. The Kier molecular flexibility index (Phi) is 9.45. The molecule has 4 nitrogen and oxygen atoms in total. The Morgan fingerprint density at radius 3 is 1.48 bits per heavy atom. The predicted octanol–water partition coefficient (Wildman–Crippen LogP) is 6.22. The molecule has 0 atom stereocenters. The molecular weight excluding hydrogens is 604 g/mol. The van der Waals surface area contributed by atoms with Crippen LogP contribution in [0, 0.1) is 11.6 Å². The first-order valence-electron chi connectivity index (χ1n) is 13.1. The number of hydrogen-bond acceptors (Lipinski definition) is 6. The van der Waals surface area contributed by atoms with E-state index in [1.165, 1.54) is 47.8 Å². The van der Waals surface area contributed by atoms with Gasteiger partial charge in [-0.25, -0.2) is 13.3 Å². The maximum absolute atomic E-state index is 14.9. The van der Waals surface area contributed by atoms with Crippen molar-refractivity contribution in [3.63, 3.8) is 0 Å². The molecule has 0 fully saturated rings. The van der Waals surface area contributed by atoms with Gasteiger partial charge < -0.3 is 13.9 Å². The van der Waals surface area contributed by atoms with E-state index < -0.39 is 19.5 Å². The molecule has 0 saturated heterocycles. The van der Waals surface area contributed by atoms with Crippen LogP contribution in [-0.2, 0) is 26.5 Å². The first-order chi connectivity index (χ1) is 19.8. The van der Waals surface area contributed by atoms with Crippen LogP contribution in [0.4, 0.5) is 8.78 Å². The van der Waals surface area contributed by atoms with Crippen LogP contribution in [0.3, 0.4) is 0 Å². The molecule has 0 N–H and O–H groups in total. The second-order valence-electron chi connectivity index (χ2n) is 9.46. The Labute approximate surface area is 274 Å². The molecule has 0 unspecified atom stereocenters. The van der Waals surface area contributed by atoms with Crippen molar-refractivity contribution in [3.8, 4) is 0 Å². The van der Waals surface area contributed by atoms with Crippen LogP contribution in [0.15, 0.2) is 92.4 Å². The molecule has 2 heterocycles. The Hall–Kier alpha value is -2.29. The van der Waals surface area contributed by atoms with Crippen LogP contribution in [0.25, 0.3) is 23.7 Å². The average molecular weight is 629 g/mol. The van der Waals surface area contributed by atoms with E-state index in [2.05, 4.69) is 0 Å². The van der Waals surface area contributed by atoms with Gasteiger partial charge in [0.15, 0.2) is 0 Å². The molecule has 208 valence electrons. The summed E-state index contributed by atoms with van der Waals surface area (Å²) in [7, 11) is -5.07. The third-order valence-electron chi connectivity index (χ3n) is 6.88. The second-order valence-corrected chi connectivity index (χ2v) is 12.8. The average Bonchev–Trinajstić information content (AvgIpc) is 3.21. The smallest absolute Gasteiger partial charge is 0.736 e. The molecule has 0 amide bonds. The first-order valence-corrected chi connectivity index (χ1v) is 16.2. The molecule has 4 aromatic rings. The van der Waals surface area contributed by atoms with Crippen LogP contribution in [0.5, 0.6) is 0 Å². The van der Waals surface area contributed by atoms with Crippen molar-refractivity contribution in [2.24, 2.45) is 0 Å². The summed E-state index contributed by atoms with van der Waals surface area (Å²) in [6.45, 7) is 3.96. The number of hydrogen-bond donors (Lipinski definition) is 0. The fourth-order valence-corrected chi connectivity index (χ4v) is 8.20. The number of benzene rings is 4. The minimum absolute atomic E-state index is 0. The van der Waals surface area contributed by atoms with Crippen molar-refractivity contribution in [3.05, 3.63) is 118 Å². The standard InChI is InChI=1S/C32H25F2O4PS2.Na/c1-3-19-9-5-13-23-27(17-21-11-7-15-25(33)31(21)40-29(19)23)37-39(35,36)38-28-18-22-12-8-16-26(34)32(22)41-30-20(4-2)10-6-14-24(28)30;/h5-18H,3-4H2,1-2H3,(H,35,36);/q;+1/p-1. The third-order valence-corrected chi connectivity index (χ3v) is 10.4. The van der Waals surface area contributed by atoms with E-state index in [9.17, 15) is 18.2 Å². The van der Waals surface area contributed by atoms with E-state index in [0.717, 1.165) is 20.9 Å². The van der Waals surface area contributed by atoms with Gasteiger partial charge in [-0.3, -0.25) is 0 Å². The summed E-state index contributed by atoms with van der Waals surface area (Å²) in [5.74, 6) is -0.747. The molecule has 0 radical (unpaired) electrons. The molecule has 2 aliphatic heterocycles. The van der Waals surface area contributed by atoms with Crippen molar-refractivity contribution in [1.29, 1.82) is 0 Å². The van der Waals surface area contributed by atoms with Gasteiger partial charge in [-0.1, -0.05) is 98.0 Å². The Bertz CT molecular complexity index is 1680. The van der Waals surface area contributed by atoms with E-state index >= 15 is 0 Å². The van der Waals surface area contributed by atoms with Gasteiger partial charge in [0.25, 0.3) is 0 Å². The predicted molar refractivity (Wildman–Crippen MR) is 158 cm³/mol. The van der Waals surface area contributed by atoms with Crippen molar-refractivity contribution in [2.45, 2.75) is 46.3 Å². The van der Waals surface area contributed by atoms with Crippen LogP contribution in [-0.4, -0.2) is 0 Å². The monoisotopic (exact) mass is 628 g/mol. The number of phosphoric acid groups is 1. The quantitative estimate of drug-likeness (QED) is 0.187. The van der Waals surface area contributed by atoms with Gasteiger partial charge in [0.1, 0.15) is 23.2 Å². The number of phosphoric ester groups is 1. The summed E-state index contributed by atoms with van der Waals surface area (Å²) in [6.07, 6.45) is 4.37. The normalized spacial score (nSPS) is 13.5. The summed E-state index contributed by atoms with van der Waals surface area (Å²) < 4.78 is 54.8. The maximum atomic E-state index is 14.9. The fourth-order valence-electron chi connectivity index (χ4n) is 4.90. The van der Waals surface area contributed by atoms with E-state index in [4.69, 9.17) is 9.05 Å². The Morgan fingerprint density at radius 2 is 1.07 bits per heavy atom. The molecular formula is C32H24F2NaO4PS2. The number of fused-ring (bicyclic) bond motifs is 4. The second kappa shape index (κ2) is 12.7. The van der Waals surface area contributed by atoms with Crippen LogP contribution in [0.2, 0.25) is 0 Å². The molecule has 0 spiro atoms. The fraction of sp³-hybridized carbons (Fsp3) is 0.125. The van der Waals surface area contributed by atoms with Crippen LogP contribution >= 0.6 is 31.3 Å². The molecule has 4 aromatic carbocycles. The molecule has 2 aliphatic rings. The summed E-state index contributed by atoms with van der Waals surface area (Å²) in [4.78, 5) is 15.8. The largest absolute Gasteiger partial charge is 1.00 e. The number of aryl methyl sites for hydroxylation is 2. The van der Waals surface area contributed by atoms with Crippen molar-refractivity contribution >= 4 is 55.0 Å². The molecule has 0 aliphatic carbocycles. The zero-order valence-electron chi connectivity index (χ0n) is 23.1. The van der Waals surface area contributed by atoms with Crippen molar-refractivity contribution in [2.75, 3.05) is 0 Å². The van der Waals surface area contributed by atoms with E-state index in [1.807, 2.05) is 38.1 Å². The van der Waals surface area contributed by atoms with Crippen molar-refractivity contribution in [1.82, 2.24) is 0 Å². The van der Waals surface area contributed by atoms with Gasteiger partial charge in [-0.05, 0) is 59.4 Å². The van der Waals surface area contributed by atoms with Gasteiger partial charge in [0.05, 0.1) is 9.79 Å². The molecule has 42 heavy (non-hydrogen) atoms. The molecule has 0 bridgehead atoms. The van der Waals surface area contributed by atoms with Crippen LogP contribution in [0.1, 0.15) is 47.2 Å². The SMILES string of the molecule is CCc1cccc2c1Sc1c(F)cccc1C=C2OP(=O)([O-])OC1=Cc2cccc(F)c2Sc2c(CC)cccc21.[Na+]. The van der Waals surface area contributed by atoms with E-state index in [-0.39, 0.29) is 41.1 Å². The number of halogens is 2. The minimum atomic E-state index is -5.07. The molecule has 10 heteroatoms. The van der Waals surface area contributed by atoms with Gasteiger partial charge >= 0.3 is 37.4 Å². The summed E-state index contributed by atoms with van der Waals surface area (Å²) >= 11 is 2.50. The van der Waals surface area contributed by atoms with Crippen molar-refractivity contribution < 1.29 is 56.8 Å². The Morgan fingerprint density at radius 1 is 0.667 bits per heavy atom. The number of rotatable bonds is 6. The van der Waals surface area contributed by atoms with E-state index in [0.29, 0.717) is 44.9 Å². The van der Waals surface area contributed by atoms with Gasteiger partial charge in [-0.15, -0.1) is 0 Å².